The number of benzene rings is 3. The SMILES string of the molecule is O=C1C[C@H](c2ccc(F)cc2)Cc2nc(Nc3nc(-c4ccccc4)c4ccccc4n3)ncc21. The number of hydrogen-bond donors (Lipinski definition) is 1. The maximum absolute atomic E-state index is 13.4. The van der Waals surface area contributed by atoms with Crippen molar-refractivity contribution in [1.82, 2.24) is 19.9 Å². The molecular formula is C28H20FN5O. The average Bonchev–Trinajstić information content (AvgIpc) is 2.89. The number of Topliss-reactive ketones (excluding diaryl/α,β-unsaturated/α-hetero) is 1. The Labute approximate surface area is 200 Å². The molecule has 0 amide bonds. The summed E-state index contributed by atoms with van der Waals surface area (Å²) in [5.41, 5.74) is 4.70. The lowest BCUT2D eigenvalue weighted by molar-refractivity contribution is 0.0962. The Morgan fingerprint density at radius 1 is 0.800 bits per heavy atom. The van der Waals surface area contributed by atoms with Gasteiger partial charge in [0.05, 0.1) is 22.5 Å². The zero-order valence-electron chi connectivity index (χ0n) is 18.6. The molecule has 2 aromatic heterocycles. The lowest BCUT2D eigenvalue weighted by Gasteiger charge is -2.23. The molecule has 0 saturated heterocycles. The van der Waals surface area contributed by atoms with E-state index in [1.165, 1.54) is 12.1 Å². The first-order valence-corrected chi connectivity index (χ1v) is 11.4. The summed E-state index contributed by atoms with van der Waals surface area (Å²) in [5, 5.41) is 4.08. The molecule has 0 unspecified atom stereocenters. The van der Waals surface area contributed by atoms with Gasteiger partial charge in [-0.1, -0.05) is 60.7 Å². The number of fused-ring (bicyclic) bond motifs is 2. The van der Waals surface area contributed by atoms with E-state index in [1.54, 1.807) is 18.3 Å². The molecule has 5 aromatic rings. The van der Waals surface area contributed by atoms with Crippen molar-refractivity contribution in [1.29, 1.82) is 0 Å². The van der Waals surface area contributed by atoms with Gasteiger partial charge >= 0.3 is 0 Å². The van der Waals surface area contributed by atoms with Crippen LogP contribution in [0, 0.1) is 5.82 Å². The van der Waals surface area contributed by atoms with E-state index in [-0.39, 0.29) is 17.5 Å². The Bertz CT molecular complexity index is 1550. The van der Waals surface area contributed by atoms with Crippen molar-refractivity contribution in [3.8, 4) is 11.3 Å². The van der Waals surface area contributed by atoms with E-state index in [0.29, 0.717) is 36.0 Å². The number of halogens is 1. The zero-order valence-corrected chi connectivity index (χ0v) is 18.6. The third-order valence-corrected chi connectivity index (χ3v) is 6.26. The first kappa shape index (κ1) is 21.0. The summed E-state index contributed by atoms with van der Waals surface area (Å²) in [6, 6.07) is 24.1. The molecule has 0 bridgehead atoms. The number of aromatic nitrogens is 4. The number of nitrogens with zero attached hydrogens (tertiary/aromatic N) is 4. The largest absolute Gasteiger partial charge is 0.294 e. The number of para-hydroxylation sites is 1. The predicted octanol–water partition coefficient (Wildman–Crippen LogP) is 5.88. The van der Waals surface area contributed by atoms with Crippen LogP contribution >= 0.6 is 0 Å². The molecule has 0 saturated carbocycles. The molecule has 0 aliphatic heterocycles. The number of carbonyl (C=O) groups is 1. The van der Waals surface area contributed by atoms with Crippen LogP contribution in [0.1, 0.15) is 34.0 Å². The van der Waals surface area contributed by atoms with Crippen molar-refractivity contribution in [3.63, 3.8) is 0 Å². The van der Waals surface area contributed by atoms with Gasteiger partial charge in [-0.05, 0) is 36.1 Å². The first-order valence-electron chi connectivity index (χ1n) is 11.4. The molecule has 2 heterocycles. The molecule has 0 radical (unpaired) electrons. The number of hydrogen-bond acceptors (Lipinski definition) is 6. The van der Waals surface area contributed by atoms with Crippen molar-refractivity contribution >= 4 is 28.6 Å². The molecule has 1 aliphatic rings. The van der Waals surface area contributed by atoms with Crippen LogP contribution in [-0.4, -0.2) is 25.7 Å². The van der Waals surface area contributed by atoms with Crippen LogP contribution in [0.4, 0.5) is 16.3 Å². The number of rotatable bonds is 4. The second-order valence-electron chi connectivity index (χ2n) is 8.54. The Morgan fingerprint density at radius 3 is 2.40 bits per heavy atom. The first-order chi connectivity index (χ1) is 17.1. The van der Waals surface area contributed by atoms with Gasteiger partial charge in [-0.15, -0.1) is 0 Å². The van der Waals surface area contributed by atoms with E-state index in [9.17, 15) is 9.18 Å². The zero-order chi connectivity index (χ0) is 23.8. The van der Waals surface area contributed by atoms with Crippen molar-refractivity contribution in [2.75, 3.05) is 5.32 Å². The van der Waals surface area contributed by atoms with Gasteiger partial charge in [-0.2, -0.15) is 0 Å². The van der Waals surface area contributed by atoms with Crippen molar-refractivity contribution in [2.45, 2.75) is 18.8 Å². The fourth-order valence-corrected chi connectivity index (χ4v) is 4.52. The number of nitrogens with one attached hydrogen (secondary N) is 1. The highest BCUT2D eigenvalue weighted by molar-refractivity contribution is 5.98. The average molecular weight is 462 g/mol. The lowest BCUT2D eigenvalue weighted by Crippen LogP contribution is -2.21. The molecule has 1 N–H and O–H groups in total. The molecule has 0 spiro atoms. The third kappa shape index (κ3) is 4.12. The van der Waals surface area contributed by atoms with Gasteiger partial charge < -0.3 is 0 Å². The fraction of sp³-hybridized carbons (Fsp3) is 0.107. The summed E-state index contributed by atoms with van der Waals surface area (Å²) >= 11 is 0. The third-order valence-electron chi connectivity index (χ3n) is 6.26. The van der Waals surface area contributed by atoms with Crippen LogP contribution < -0.4 is 5.32 Å². The van der Waals surface area contributed by atoms with Crippen LogP contribution in [0.5, 0.6) is 0 Å². The Hall–Kier alpha value is -4.52. The monoisotopic (exact) mass is 461 g/mol. The van der Waals surface area contributed by atoms with Crippen molar-refractivity contribution in [2.24, 2.45) is 0 Å². The van der Waals surface area contributed by atoms with E-state index in [2.05, 4.69) is 20.3 Å². The van der Waals surface area contributed by atoms with Gasteiger partial charge in [-0.25, -0.2) is 24.3 Å². The lowest BCUT2D eigenvalue weighted by atomic mass is 9.82. The molecular weight excluding hydrogens is 441 g/mol. The smallest absolute Gasteiger partial charge is 0.230 e. The summed E-state index contributed by atoms with van der Waals surface area (Å²) in [6.45, 7) is 0. The van der Waals surface area contributed by atoms with E-state index < -0.39 is 0 Å². The molecule has 6 rings (SSSR count). The molecule has 0 fully saturated rings. The quantitative estimate of drug-likeness (QED) is 0.360. The molecule has 6 nitrogen and oxygen atoms in total. The van der Waals surface area contributed by atoms with Gasteiger partial charge in [0, 0.05) is 23.6 Å². The molecule has 1 atom stereocenters. The van der Waals surface area contributed by atoms with E-state index in [0.717, 1.165) is 27.7 Å². The maximum atomic E-state index is 13.4. The molecule has 170 valence electrons. The number of ketones is 1. The fourth-order valence-electron chi connectivity index (χ4n) is 4.52. The van der Waals surface area contributed by atoms with Gasteiger partial charge in [-0.3, -0.25) is 10.1 Å². The summed E-state index contributed by atoms with van der Waals surface area (Å²) < 4.78 is 13.4. The normalized spacial score (nSPS) is 15.1. The van der Waals surface area contributed by atoms with Crippen LogP contribution in [0.25, 0.3) is 22.2 Å². The maximum Gasteiger partial charge on any atom is 0.230 e. The summed E-state index contributed by atoms with van der Waals surface area (Å²) in [6.07, 6.45) is 2.48. The Kier molecular flexibility index (Phi) is 5.22. The molecule has 7 heteroatoms. The minimum Gasteiger partial charge on any atom is -0.294 e. The number of anilines is 2. The summed E-state index contributed by atoms with van der Waals surface area (Å²) in [7, 11) is 0. The van der Waals surface area contributed by atoms with Crippen molar-refractivity contribution in [3.05, 3.63) is 108 Å². The van der Waals surface area contributed by atoms with E-state index in [4.69, 9.17) is 4.98 Å². The minimum atomic E-state index is -0.296. The molecule has 35 heavy (non-hydrogen) atoms. The minimum absolute atomic E-state index is 0.0135. The highest BCUT2D eigenvalue weighted by atomic mass is 19.1. The predicted molar refractivity (Wildman–Crippen MR) is 132 cm³/mol. The molecule has 1 aliphatic carbocycles. The molecule has 3 aromatic carbocycles. The van der Waals surface area contributed by atoms with Gasteiger partial charge in [0.25, 0.3) is 0 Å². The summed E-state index contributed by atoms with van der Waals surface area (Å²) in [5.74, 6) is 0.334. The highest BCUT2D eigenvalue weighted by Crippen LogP contribution is 2.33. The Morgan fingerprint density at radius 2 is 1.57 bits per heavy atom. The number of carbonyl (C=O) groups excluding carboxylic acids is 1. The van der Waals surface area contributed by atoms with Crippen LogP contribution in [0.2, 0.25) is 0 Å². The standard InChI is InChI=1S/C28H20FN5O/c29-20-12-10-17(11-13-20)19-14-24-22(25(35)15-19)16-30-27(32-24)34-28-31-23-9-5-4-8-21(23)26(33-28)18-6-2-1-3-7-18/h1-13,16,19H,14-15H2,(H,30,31,32,33,34)/t19-/m1/s1. The van der Waals surface area contributed by atoms with Crippen LogP contribution in [0.15, 0.2) is 85.1 Å². The Balaban J connectivity index is 1.34. The van der Waals surface area contributed by atoms with Gasteiger partial charge in [0.2, 0.25) is 11.9 Å². The van der Waals surface area contributed by atoms with Crippen LogP contribution in [-0.2, 0) is 6.42 Å². The van der Waals surface area contributed by atoms with E-state index in [1.807, 2.05) is 54.6 Å². The van der Waals surface area contributed by atoms with Gasteiger partial charge in [0.15, 0.2) is 5.78 Å². The van der Waals surface area contributed by atoms with Gasteiger partial charge in [0.1, 0.15) is 5.82 Å². The second-order valence-corrected chi connectivity index (χ2v) is 8.54. The highest BCUT2D eigenvalue weighted by Gasteiger charge is 2.28. The summed E-state index contributed by atoms with van der Waals surface area (Å²) in [4.78, 5) is 31.2. The second kappa shape index (κ2) is 8.68. The van der Waals surface area contributed by atoms with Crippen LogP contribution in [0.3, 0.4) is 0 Å². The topological polar surface area (TPSA) is 80.7 Å². The van der Waals surface area contributed by atoms with E-state index >= 15 is 0 Å². The van der Waals surface area contributed by atoms with Crippen molar-refractivity contribution < 1.29 is 9.18 Å².